The van der Waals surface area contributed by atoms with Crippen LogP contribution in [0.3, 0.4) is 0 Å². The van der Waals surface area contributed by atoms with Gasteiger partial charge >= 0.3 is 17.9 Å². The predicted octanol–water partition coefficient (Wildman–Crippen LogP) is 26.9. The van der Waals surface area contributed by atoms with Crippen LogP contribution in [0.25, 0.3) is 0 Å². The van der Waals surface area contributed by atoms with Crippen LogP contribution in [0, 0.1) is 0 Å². The molecule has 0 aromatic carbocycles. The van der Waals surface area contributed by atoms with Gasteiger partial charge in [-0.05, 0) is 89.9 Å². The Hall–Kier alpha value is -3.53. The largest absolute Gasteiger partial charge is 0.477 e. The molecule has 0 aromatic rings. The van der Waals surface area contributed by atoms with Crippen molar-refractivity contribution in [2.45, 2.75) is 411 Å². The average Bonchev–Trinajstić information content (AvgIpc) is 2.39. The normalized spacial score (nSPS) is 13.0. The molecular weight excluding hydrogens is 1200 g/mol. The maximum Gasteiger partial charge on any atom is 0.361 e. The van der Waals surface area contributed by atoms with Crippen LogP contribution >= 0.6 is 0 Å². The van der Waals surface area contributed by atoms with Gasteiger partial charge in [-0.25, -0.2) is 4.79 Å². The van der Waals surface area contributed by atoms with E-state index in [4.69, 9.17) is 18.9 Å². The molecule has 0 radical (unpaired) electrons. The monoisotopic (exact) mass is 1360 g/mol. The summed E-state index contributed by atoms with van der Waals surface area (Å²) < 4.78 is 23.1. The highest BCUT2D eigenvalue weighted by molar-refractivity contribution is 5.71. The molecule has 0 aromatic heterocycles. The van der Waals surface area contributed by atoms with Crippen molar-refractivity contribution in [2.75, 3.05) is 47.5 Å². The zero-order chi connectivity index (χ0) is 70.4. The standard InChI is InChI=1S/C88H159NO8/c1-6-8-10-12-14-16-18-20-22-24-26-28-30-32-34-36-38-40-41-42-43-44-45-47-49-51-53-55-57-59-61-63-65-67-69-71-73-75-77-79-86(91)97-84(83-96-88(87(92)93)94-81-80-89(3,4)5)82-95-85(90)78-76-74-72-70-68-66-64-62-60-58-56-54-52-50-48-46-39-37-35-33-31-29-27-25-23-21-19-17-15-13-11-9-7-2/h8,10,14,16,19-22,25-28,31,33,84,88H,6-7,9,11-13,15,17-18,23-24,29-30,32,34-83H2,1-5H3/p+1/b10-8-,16-14-,21-19-,22-20-,27-25-,28-26-,33-31-. The first kappa shape index (κ1) is 93.5. The summed E-state index contributed by atoms with van der Waals surface area (Å²) >= 11 is 0. The second kappa shape index (κ2) is 78.2. The summed E-state index contributed by atoms with van der Waals surface area (Å²) in [6, 6.07) is 0. The molecule has 9 nitrogen and oxygen atoms in total. The molecule has 0 saturated heterocycles. The Bertz CT molecular complexity index is 1870. The Morgan fingerprint density at radius 2 is 0.588 bits per heavy atom. The fourth-order valence-electron chi connectivity index (χ4n) is 12.3. The quantitative estimate of drug-likeness (QED) is 0.0211. The number of carbonyl (C=O) groups is 3. The van der Waals surface area contributed by atoms with Crippen molar-refractivity contribution in [3.05, 3.63) is 85.1 Å². The molecule has 2 atom stereocenters. The number of aliphatic carboxylic acids is 1. The fraction of sp³-hybridized carbons (Fsp3) is 0.807. The molecular formula is C88H160NO8+. The third-order valence-electron chi connectivity index (χ3n) is 18.6. The summed E-state index contributed by atoms with van der Waals surface area (Å²) in [4.78, 5) is 37.8. The number of rotatable bonds is 78. The lowest BCUT2D eigenvalue weighted by Gasteiger charge is -2.25. The number of hydrogen-bond acceptors (Lipinski definition) is 7. The number of hydrogen-bond donors (Lipinski definition) is 1. The van der Waals surface area contributed by atoms with Crippen molar-refractivity contribution in [3.63, 3.8) is 0 Å². The van der Waals surface area contributed by atoms with E-state index in [9.17, 15) is 19.5 Å². The Kier molecular flexibility index (Phi) is 75.3. The van der Waals surface area contributed by atoms with Gasteiger partial charge in [0.1, 0.15) is 13.2 Å². The highest BCUT2D eigenvalue weighted by atomic mass is 16.7. The summed E-state index contributed by atoms with van der Waals surface area (Å²) in [7, 11) is 6.00. The molecule has 0 aliphatic heterocycles. The van der Waals surface area contributed by atoms with Gasteiger partial charge in [0.25, 0.3) is 6.29 Å². The van der Waals surface area contributed by atoms with Crippen LogP contribution in [0.1, 0.15) is 399 Å². The van der Waals surface area contributed by atoms with Crippen LogP contribution in [0.2, 0.25) is 0 Å². The topological polar surface area (TPSA) is 108 Å². The molecule has 0 heterocycles. The van der Waals surface area contributed by atoms with Crippen molar-refractivity contribution in [1.82, 2.24) is 0 Å². The molecule has 0 saturated carbocycles. The number of likely N-dealkylation sites (N-methyl/N-ethyl adjacent to an activating group) is 1. The maximum absolute atomic E-state index is 13.0. The molecule has 0 spiro atoms. The third-order valence-corrected chi connectivity index (χ3v) is 18.6. The van der Waals surface area contributed by atoms with Crippen LogP contribution in [0.4, 0.5) is 0 Å². The molecule has 97 heavy (non-hydrogen) atoms. The molecule has 0 bridgehead atoms. The SMILES string of the molecule is CC/C=C\C/C=C\C/C=C\C/C=C\CCCCCCCCCCCCCCCCCCCCCCCCCCCCC(=O)OC(COC(=O)CCCCCCCCCCCCCCCCCCCC/C=C\C/C=C\C/C=C\CCCCCCC)COC(OCC[N+](C)(C)C)C(=O)O. The van der Waals surface area contributed by atoms with Crippen LogP contribution in [-0.2, 0) is 33.3 Å². The average molecular weight is 1360 g/mol. The predicted molar refractivity (Wildman–Crippen MR) is 419 cm³/mol. The summed E-state index contributed by atoms with van der Waals surface area (Å²) in [5, 5.41) is 9.78. The van der Waals surface area contributed by atoms with Crippen molar-refractivity contribution < 1.29 is 42.9 Å². The smallest absolute Gasteiger partial charge is 0.361 e. The Morgan fingerprint density at radius 1 is 0.320 bits per heavy atom. The molecule has 0 amide bonds. The Labute approximate surface area is 601 Å². The van der Waals surface area contributed by atoms with Gasteiger partial charge in [-0.2, -0.15) is 0 Å². The number of unbranched alkanes of at least 4 members (excludes halogenated alkanes) is 49. The minimum Gasteiger partial charge on any atom is -0.477 e. The molecule has 1 N–H and O–H groups in total. The van der Waals surface area contributed by atoms with Gasteiger partial charge in [0, 0.05) is 12.8 Å². The minimum atomic E-state index is -1.51. The molecule has 9 heteroatoms. The van der Waals surface area contributed by atoms with Crippen LogP contribution in [-0.4, -0.2) is 87.4 Å². The van der Waals surface area contributed by atoms with Crippen molar-refractivity contribution in [2.24, 2.45) is 0 Å². The second-order valence-corrected chi connectivity index (χ2v) is 29.4. The van der Waals surface area contributed by atoms with Crippen molar-refractivity contribution in [3.8, 4) is 0 Å². The van der Waals surface area contributed by atoms with E-state index in [1.807, 2.05) is 21.1 Å². The maximum atomic E-state index is 13.0. The van der Waals surface area contributed by atoms with E-state index in [2.05, 4.69) is 98.9 Å². The number of nitrogens with zero attached hydrogens (tertiary/aromatic N) is 1. The number of ether oxygens (including phenoxy) is 4. The number of quaternary nitrogens is 1. The molecule has 2 unspecified atom stereocenters. The van der Waals surface area contributed by atoms with E-state index in [1.165, 1.54) is 295 Å². The van der Waals surface area contributed by atoms with E-state index in [0.717, 1.165) is 77.0 Å². The fourth-order valence-corrected chi connectivity index (χ4v) is 12.3. The van der Waals surface area contributed by atoms with Crippen LogP contribution in [0.5, 0.6) is 0 Å². The number of carboxylic acid groups (broad SMARTS) is 1. The third kappa shape index (κ3) is 79.7. The number of esters is 2. The zero-order valence-corrected chi connectivity index (χ0v) is 64.7. The van der Waals surface area contributed by atoms with E-state index < -0.39 is 18.4 Å². The molecule has 0 aliphatic carbocycles. The van der Waals surface area contributed by atoms with Gasteiger partial charge < -0.3 is 28.5 Å². The second-order valence-electron chi connectivity index (χ2n) is 29.4. The van der Waals surface area contributed by atoms with Gasteiger partial charge in [0.05, 0.1) is 34.4 Å². The summed E-state index contributed by atoms with van der Waals surface area (Å²) in [6.07, 6.45) is 105. The van der Waals surface area contributed by atoms with Gasteiger partial charge in [-0.1, -0.05) is 381 Å². The molecule has 0 rings (SSSR count). The lowest BCUT2D eigenvalue weighted by molar-refractivity contribution is -0.870. The minimum absolute atomic E-state index is 0.178. The van der Waals surface area contributed by atoms with Gasteiger partial charge in [0.2, 0.25) is 0 Å². The van der Waals surface area contributed by atoms with Crippen LogP contribution in [0.15, 0.2) is 85.1 Å². The van der Waals surface area contributed by atoms with E-state index in [1.54, 1.807) is 0 Å². The van der Waals surface area contributed by atoms with E-state index in [-0.39, 0.29) is 38.2 Å². The lowest BCUT2D eigenvalue weighted by atomic mass is 10.0. The highest BCUT2D eigenvalue weighted by Gasteiger charge is 2.25. The van der Waals surface area contributed by atoms with Crippen LogP contribution < -0.4 is 0 Å². The molecule has 0 aliphatic rings. The lowest BCUT2D eigenvalue weighted by Crippen LogP contribution is -2.40. The number of carbonyl (C=O) groups excluding carboxylic acids is 2. The Balaban J connectivity index is 3.95. The van der Waals surface area contributed by atoms with Crippen molar-refractivity contribution in [1.29, 1.82) is 0 Å². The zero-order valence-electron chi connectivity index (χ0n) is 64.7. The molecule has 564 valence electrons. The number of allylic oxidation sites excluding steroid dienone is 14. The van der Waals surface area contributed by atoms with Gasteiger partial charge in [-0.3, -0.25) is 9.59 Å². The summed E-state index contributed by atoms with van der Waals surface area (Å²) in [5.74, 6) is -1.98. The summed E-state index contributed by atoms with van der Waals surface area (Å²) in [5.41, 5.74) is 0. The van der Waals surface area contributed by atoms with E-state index in [0.29, 0.717) is 17.4 Å². The van der Waals surface area contributed by atoms with Crippen molar-refractivity contribution >= 4 is 17.9 Å². The molecule has 0 fully saturated rings. The Morgan fingerprint density at radius 3 is 0.876 bits per heavy atom. The van der Waals surface area contributed by atoms with Gasteiger partial charge in [-0.15, -0.1) is 0 Å². The first-order chi connectivity index (χ1) is 47.6. The first-order valence-corrected chi connectivity index (χ1v) is 41.8. The highest BCUT2D eigenvalue weighted by Crippen LogP contribution is 2.20. The number of carboxylic acids is 1. The van der Waals surface area contributed by atoms with Gasteiger partial charge in [0.15, 0.2) is 6.10 Å². The summed E-state index contributed by atoms with van der Waals surface area (Å²) in [6.45, 7) is 4.81. The first-order valence-electron chi connectivity index (χ1n) is 41.8. The van der Waals surface area contributed by atoms with E-state index >= 15 is 0 Å².